The van der Waals surface area contributed by atoms with E-state index < -0.39 is 0 Å². The van der Waals surface area contributed by atoms with E-state index >= 15 is 0 Å². The summed E-state index contributed by atoms with van der Waals surface area (Å²) in [6.45, 7) is 0. The molecule has 0 aromatic rings. The Hall–Kier alpha value is -0.390. The van der Waals surface area contributed by atoms with E-state index in [-0.39, 0.29) is 0 Å². The van der Waals surface area contributed by atoms with Crippen molar-refractivity contribution in [2.24, 2.45) is 0 Å². The zero-order valence-corrected chi connectivity index (χ0v) is 4.96. The van der Waals surface area contributed by atoms with Gasteiger partial charge in [0, 0.05) is 4.91 Å². The van der Waals surface area contributed by atoms with Gasteiger partial charge in [-0.05, 0) is 18.4 Å². The maximum absolute atomic E-state index is 3.05. The number of hydrogen-bond acceptors (Lipinski definition) is 1. The second kappa shape index (κ2) is 2.06. The van der Waals surface area contributed by atoms with Gasteiger partial charge in [-0.15, -0.1) is 17.5 Å². The molecule has 0 aromatic heterocycles. The molecule has 0 aliphatic heterocycles. The Morgan fingerprint density at radius 2 is 2.57 bits per heavy atom. The summed E-state index contributed by atoms with van der Waals surface area (Å²) in [5.74, 6) is 0. The fourth-order valence-electron chi connectivity index (χ4n) is 0.441. The van der Waals surface area contributed by atoms with E-state index in [9.17, 15) is 0 Å². The molecule has 0 unspecified atom stereocenters. The fraction of sp³-hybridized carbons (Fsp3) is 0.167. The molecule has 1 heteroatoms. The molecule has 0 N–H and O–H groups in total. The zero-order chi connectivity index (χ0) is 5.11. The van der Waals surface area contributed by atoms with E-state index in [0.717, 1.165) is 0 Å². The topological polar surface area (TPSA) is 0 Å². The van der Waals surface area contributed by atoms with Crippen molar-refractivity contribution in [3.05, 3.63) is 28.9 Å². The first-order valence-corrected chi connectivity index (χ1v) is 3.33. The van der Waals surface area contributed by atoms with E-state index in [1.165, 1.54) is 4.91 Å². The molecule has 0 spiro atoms. The van der Waals surface area contributed by atoms with Gasteiger partial charge in [-0.25, -0.2) is 0 Å². The molecule has 0 atom stereocenters. The average molecular weight is 110 g/mol. The van der Waals surface area contributed by atoms with Gasteiger partial charge < -0.3 is 0 Å². The molecule has 1 rings (SSSR count). The van der Waals surface area contributed by atoms with Gasteiger partial charge in [-0.2, -0.15) is 0 Å². The molecule has 1 aliphatic rings. The third-order valence-electron chi connectivity index (χ3n) is 0.789. The number of rotatable bonds is 1. The van der Waals surface area contributed by atoms with Crippen LogP contribution in [0.3, 0.4) is 0 Å². The van der Waals surface area contributed by atoms with Crippen LogP contribution in [0.4, 0.5) is 0 Å². The largest absolute Gasteiger partial charge is 0.121 e. The molecule has 0 saturated heterocycles. The van der Waals surface area contributed by atoms with E-state index in [1.807, 2.05) is 24.5 Å². The third kappa shape index (κ3) is 0.986. The highest BCUT2D eigenvalue weighted by molar-refractivity contribution is 8.02. The Balaban J connectivity index is 2.72. The number of hydrogen-bond donors (Lipinski definition) is 0. The van der Waals surface area contributed by atoms with Crippen molar-refractivity contribution in [1.29, 1.82) is 0 Å². The van der Waals surface area contributed by atoms with Crippen molar-refractivity contribution in [1.82, 2.24) is 0 Å². The predicted molar refractivity (Wildman–Crippen MR) is 34.3 cm³/mol. The van der Waals surface area contributed by atoms with Gasteiger partial charge in [0.25, 0.3) is 0 Å². The molecule has 7 heavy (non-hydrogen) atoms. The lowest BCUT2D eigenvalue weighted by Crippen LogP contribution is -1.54. The molecule has 0 saturated carbocycles. The smallest absolute Gasteiger partial charge is 0.0490 e. The fourth-order valence-corrected chi connectivity index (χ4v) is 0.841. The Kier molecular flexibility index (Phi) is 1.40. The highest BCUT2D eigenvalue weighted by atomic mass is 32.2. The van der Waals surface area contributed by atoms with Crippen LogP contribution in [-0.2, 0) is 0 Å². The number of thioether (sulfide) groups is 1. The summed E-state index contributed by atoms with van der Waals surface area (Å²) in [5.41, 5.74) is 3.05. The Morgan fingerprint density at radius 3 is 2.86 bits per heavy atom. The summed E-state index contributed by atoms with van der Waals surface area (Å²) < 4.78 is 0. The van der Waals surface area contributed by atoms with Crippen molar-refractivity contribution in [3.63, 3.8) is 0 Å². The minimum absolute atomic E-state index is 1.22. The van der Waals surface area contributed by atoms with Crippen LogP contribution in [0, 0.1) is 0 Å². The van der Waals surface area contributed by atoms with Crippen LogP contribution in [0.2, 0.25) is 0 Å². The van der Waals surface area contributed by atoms with Crippen molar-refractivity contribution < 1.29 is 0 Å². The molecule has 36 valence electrons. The first-order chi connectivity index (χ1) is 3.43. The summed E-state index contributed by atoms with van der Waals surface area (Å²) in [6.07, 6.45) is 8.01. The maximum atomic E-state index is 3.05. The SMILES string of the molecule is CSC1=C=CC=C1. The van der Waals surface area contributed by atoms with E-state index in [1.54, 1.807) is 11.8 Å². The van der Waals surface area contributed by atoms with Crippen LogP contribution in [-0.4, -0.2) is 6.26 Å². The number of allylic oxidation sites excluding steroid dienone is 2. The Bertz CT molecular complexity index is 148. The molecule has 0 amide bonds. The van der Waals surface area contributed by atoms with E-state index in [4.69, 9.17) is 0 Å². The van der Waals surface area contributed by atoms with Crippen LogP contribution >= 0.6 is 11.8 Å². The third-order valence-corrected chi connectivity index (χ3v) is 1.48. The van der Waals surface area contributed by atoms with E-state index in [0.29, 0.717) is 0 Å². The Labute approximate surface area is 47.6 Å². The molecule has 0 bridgehead atoms. The molecule has 0 heterocycles. The monoisotopic (exact) mass is 110 g/mol. The molecule has 1 aliphatic carbocycles. The van der Waals surface area contributed by atoms with E-state index in [2.05, 4.69) is 5.73 Å². The van der Waals surface area contributed by atoms with Crippen LogP contribution < -0.4 is 0 Å². The van der Waals surface area contributed by atoms with Gasteiger partial charge >= 0.3 is 0 Å². The highest BCUT2D eigenvalue weighted by Crippen LogP contribution is 2.13. The van der Waals surface area contributed by atoms with Gasteiger partial charge in [-0.1, -0.05) is 6.08 Å². The minimum atomic E-state index is 1.22. The average Bonchev–Trinajstić information content (AvgIpc) is 2.14. The van der Waals surface area contributed by atoms with Gasteiger partial charge in [0.2, 0.25) is 0 Å². The lowest BCUT2D eigenvalue weighted by molar-refractivity contribution is 2.03. The van der Waals surface area contributed by atoms with Crippen LogP contribution in [0.1, 0.15) is 0 Å². The van der Waals surface area contributed by atoms with Crippen LogP contribution in [0.25, 0.3) is 0 Å². The Morgan fingerprint density at radius 1 is 1.71 bits per heavy atom. The van der Waals surface area contributed by atoms with Crippen molar-refractivity contribution in [2.45, 2.75) is 0 Å². The molecule has 0 fully saturated rings. The second-order valence-corrected chi connectivity index (χ2v) is 2.09. The summed E-state index contributed by atoms with van der Waals surface area (Å²) >= 11 is 1.72. The summed E-state index contributed by atoms with van der Waals surface area (Å²) in [4.78, 5) is 1.22. The molecule has 0 radical (unpaired) electrons. The minimum Gasteiger partial charge on any atom is -0.121 e. The molecule has 0 aromatic carbocycles. The van der Waals surface area contributed by atoms with Crippen molar-refractivity contribution in [2.75, 3.05) is 6.26 Å². The predicted octanol–water partition coefficient (Wildman–Crippen LogP) is 1.96. The summed E-state index contributed by atoms with van der Waals surface area (Å²) in [5, 5.41) is 0. The van der Waals surface area contributed by atoms with Crippen molar-refractivity contribution >= 4 is 11.8 Å². The second-order valence-electron chi connectivity index (χ2n) is 1.24. The summed E-state index contributed by atoms with van der Waals surface area (Å²) in [7, 11) is 0. The van der Waals surface area contributed by atoms with Gasteiger partial charge in [0.15, 0.2) is 0 Å². The van der Waals surface area contributed by atoms with Crippen LogP contribution in [0.5, 0.6) is 0 Å². The first kappa shape index (κ1) is 4.76. The normalized spacial score (nSPS) is 15.3. The maximum Gasteiger partial charge on any atom is 0.0490 e. The standard InChI is InChI=1S/C6H6S/c1-7-6-4-2-3-5-6/h2-4H,1H3. The van der Waals surface area contributed by atoms with Gasteiger partial charge in [0.1, 0.15) is 0 Å². The quantitative estimate of drug-likeness (QED) is 0.465. The van der Waals surface area contributed by atoms with Crippen LogP contribution in [0.15, 0.2) is 28.9 Å². The molecular weight excluding hydrogens is 104 g/mol. The molecule has 0 nitrogen and oxygen atoms in total. The lowest BCUT2D eigenvalue weighted by atomic mass is 10.6. The zero-order valence-electron chi connectivity index (χ0n) is 4.14. The van der Waals surface area contributed by atoms with Crippen molar-refractivity contribution in [3.8, 4) is 0 Å². The lowest BCUT2D eigenvalue weighted by Gasteiger charge is -1.81. The highest BCUT2D eigenvalue weighted by Gasteiger charge is 1.85. The first-order valence-electron chi connectivity index (χ1n) is 2.11. The van der Waals surface area contributed by atoms with Gasteiger partial charge in [-0.3, -0.25) is 0 Å². The molecular formula is C6H6S. The summed E-state index contributed by atoms with van der Waals surface area (Å²) in [6, 6.07) is 0. The van der Waals surface area contributed by atoms with Gasteiger partial charge in [0.05, 0.1) is 0 Å².